The minimum Gasteiger partial charge on any atom is -0.392 e. The molecule has 0 radical (unpaired) electrons. The molecule has 3 rings (SSSR count). The molecule has 2 heteroatoms. The van der Waals surface area contributed by atoms with E-state index in [0.717, 1.165) is 24.0 Å². The van der Waals surface area contributed by atoms with Gasteiger partial charge in [-0.3, -0.25) is 4.98 Å². The summed E-state index contributed by atoms with van der Waals surface area (Å²) in [7, 11) is 0. The predicted molar refractivity (Wildman–Crippen MR) is 81.5 cm³/mol. The van der Waals surface area contributed by atoms with Crippen LogP contribution in [0, 0.1) is 24.7 Å². The highest BCUT2D eigenvalue weighted by Crippen LogP contribution is 2.43. The molecular weight excluding hydrogens is 246 g/mol. The van der Waals surface area contributed by atoms with E-state index < -0.39 is 0 Å². The molecule has 0 bridgehead atoms. The van der Waals surface area contributed by atoms with E-state index in [1.807, 2.05) is 12.3 Å². The molecule has 4 unspecified atom stereocenters. The molecule has 0 saturated heterocycles. The first-order chi connectivity index (χ1) is 9.74. The van der Waals surface area contributed by atoms with Gasteiger partial charge in [-0.25, -0.2) is 0 Å². The second-order valence-corrected chi connectivity index (χ2v) is 6.92. The van der Waals surface area contributed by atoms with Gasteiger partial charge < -0.3 is 5.11 Å². The van der Waals surface area contributed by atoms with E-state index in [9.17, 15) is 5.11 Å². The Morgan fingerprint density at radius 1 is 1.20 bits per heavy atom. The molecule has 1 N–H and O–H groups in total. The van der Waals surface area contributed by atoms with E-state index in [-0.39, 0.29) is 6.10 Å². The molecule has 110 valence electrons. The minimum atomic E-state index is -0.202. The van der Waals surface area contributed by atoms with Crippen molar-refractivity contribution in [2.45, 2.75) is 64.4 Å². The van der Waals surface area contributed by atoms with Gasteiger partial charge in [-0.1, -0.05) is 31.7 Å². The number of aryl methyl sites for hydroxylation is 1. The summed E-state index contributed by atoms with van der Waals surface area (Å²) in [6.45, 7) is 2.09. The fourth-order valence-corrected chi connectivity index (χ4v) is 4.36. The lowest BCUT2D eigenvalue weighted by Crippen LogP contribution is -2.34. The number of nitrogens with zero attached hydrogens (tertiary/aromatic N) is 1. The molecule has 2 aliphatic rings. The first-order valence-electron chi connectivity index (χ1n) is 8.32. The molecule has 0 aliphatic heterocycles. The van der Waals surface area contributed by atoms with E-state index in [1.54, 1.807) is 0 Å². The van der Waals surface area contributed by atoms with E-state index in [2.05, 4.69) is 18.0 Å². The van der Waals surface area contributed by atoms with Crippen LogP contribution in [0.25, 0.3) is 0 Å². The standard InChI is InChI=1S/C18H27NO/c1-13-5-4-10-19-17(13)12-18(20)16-9-8-14-6-2-3-7-15(14)11-16/h4-5,10,14-16,18,20H,2-3,6-9,11-12H2,1H3. The number of hydrogen-bond donors (Lipinski definition) is 1. The molecule has 2 fully saturated rings. The lowest BCUT2D eigenvalue weighted by Gasteiger charge is -2.40. The third kappa shape index (κ3) is 3.06. The summed E-state index contributed by atoms with van der Waals surface area (Å²) in [5.74, 6) is 2.35. The summed E-state index contributed by atoms with van der Waals surface area (Å²) in [6.07, 6.45) is 11.8. The quantitative estimate of drug-likeness (QED) is 0.906. The van der Waals surface area contributed by atoms with Crippen LogP contribution in [-0.2, 0) is 6.42 Å². The number of aliphatic hydroxyl groups is 1. The number of rotatable bonds is 3. The second-order valence-electron chi connectivity index (χ2n) is 6.92. The summed E-state index contributed by atoms with van der Waals surface area (Å²) < 4.78 is 0. The Kier molecular flexibility index (Phi) is 4.40. The van der Waals surface area contributed by atoms with E-state index in [0.29, 0.717) is 5.92 Å². The molecule has 0 aromatic carbocycles. The summed E-state index contributed by atoms with van der Waals surface area (Å²) in [4.78, 5) is 4.43. The van der Waals surface area contributed by atoms with Gasteiger partial charge in [-0.15, -0.1) is 0 Å². The molecule has 1 heterocycles. The largest absolute Gasteiger partial charge is 0.392 e. The third-order valence-corrected chi connectivity index (χ3v) is 5.64. The first-order valence-corrected chi connectivity index (χ1v) is 8.32. The fourth-order valence-electron chi connectivity index (χ4n) is 4.36. The Labute approximate surface area is 122 Å². The molecule has 1 aromatic heterocycles. The average molecular weight is 273 g/mol. The van der Waals surface area contributed by atoms with Crippen LogP contribution < -0.4 is 0 Å². The Balaban J connectivity index is 1.60. The van der Waals surface area contributed by atoms with Gasteiger partial charge in [0.2, 0.25) is 0 Å². The molecular formula is C18H27NO. The Morgan fingerprint density at radius 2 is 2.00 bits per heavy atom. The van der Waals surface area contributed by atoms with Crippen LogP contribution in [0.1, 0.15) is 56.2 Å². The maximum Gasteiger partial charge on any atom is 0.0623 e. The number of pyridine rings is 1. The third-order valence-electron chi connectivity index (χ3n) is 5.64. The molecule has 4 atom stereocenters. The SMILES string of the molecule is Cc1cccnc1CC(O)C1CCC2CCCCC2C1. The highest BCUT2D eigenvalue weighted by atomic mass is 16.3. The molecule has 0 amide bonds. The first kappa shape index (κ1) is 14.1. The van der Waals surface area contributed by atoms with Gasteiger partial charge in [-0.2, -0.15) is 0 Å². The number of aliphatic hydroxyl groups excluding tert-OH is 1. The van der Waals surface area contributed by atoms with Crippen molar-refractivity contribution < 1.29 is 5.11 Å². The lowest BCUT2D eigenvalue weighted by molar-refractivity contribution is 0.0355. The van der Waals surface area contributed by atoms with Crippen LogP contribution >= 0.6 is 0 Å². The lowest BCUT2D eigenvalue weighted by atomic mass is 9.66. The average Bonchev–Trinajstić information content (AvgIpc) is 2.49. The van der Waals surface area contributed by atoms with Crippen molar-refractivity contribution in [2.24, 2.45) is 17.8 Å². The van der Waals surface area contributed by atoms with Gasteiger partial charge in [0.05, 0.1) is 6.10 Å². The second kappa shape index (κ2) is 6.26. The van der Waals surface area contributed by atoms with Gasteiger partial charge in [-0.05, 0) is 55.6 Å². The maximum atomic E-state index is 10.6. The van der Waals surface area contributed by atoms with Gasteiger partial charge in [0.15, 0.2) is 0 Å². The normalized spacial score (nSPS) is 31.6. The maximum absolute atomic E-state index is 10.6. The van der Waals surface area contributed by atoms with Crippen molar-refractivity contribution in [3.8, 4) is 0 Å². The van der Waals surface area contributed by atoms with Crippen LogP contribution in [-0.4, -0.2) is 16.2 Å². The summed E-state index contributed by atoms with van der Waals surface area (Å²) in [5.41, 5.74) is 2.28. The van der Waals surface area contributed by atoms with Gasteiger partial charge in [0.1, 0.15) is 0 Å². The topological polar surface area (TPSA) is 33.1 Å². The summed E-state index contributed by atoms with van der Waals surface area (Å²) in [5, 5.41) is 10.6. The highest BCUT2D eigenvalue weighted by molar-refractivity contribution is 5.18. The van der Waals surface area contributed by atoms with Crippen LogP contribution in [0.4, 0.5) is 0 Å². The van der Waals surface area contributed by atoms with Crippen LogP contribution in [0.2, 0.25) is 0 Å². The van der Waals surface area contributed by atoms with Gasteiger partial charge in [0.25, 0.3) is 0 Å². The van der Waals surface area contributed by atoms with Crippen molar-refractivity contribution in [1.29, 1.82) is 0 Å². The zero-order chi connectivity index (χ0) is 13.9. The van der Waals surface area contributed by atoms with Crippen molar-refractivity contribution >= 4 is 0 Å². The number of hydrogen-bond acceptors (Lipinski definition) is 2. The Morgan fingerprint density at radius 3 is 2.80 bits per heavy atom. The van der Waals surface area contributed by atoms with Crippen LogP contribution in [0.15, 0.2) is 18.3 Å². The zero-order valence-corrected chi connectivity index (χ0v) is 12.6. The highest BCUT2D eigenvalue weighted by Gasteiger charge is 2.34. The van der Waals surface area contributed by atoms with Crippen LogP contribution in [0.5, 0.6) is 0 Å². The molecule has 2 aliphatic carbocycles. The van der Waals surface area contributed by atoms with E-state index in [1.165, 1.54) is 50.5 Å². The molecule has 1 aromatic rings. The predicted octanol–water partition coefficient (Wildman–Crippen LogP) is 3.90. The number of aromatic nitrogens is 1. The van der Waals surface area contributed by atoms with E-state index in [4.69, 9.17) is 0 Å². The van der Waals surface area contributed by atoms with Crippen molar-refractivity contribution in [3.05, 3.63) is 29.6 Å². The smallest absolute Gasteiger partial charge is 0.0623 e. The molecule has 2 nitrogen and oxygen atoms in total. The van der Waals surface area contributed by atoms with E-state index >= 15 is 0 Å². The van der Waals surface area contributed by atoms with Crippen molar-refractivity contribution in [1.82, 2.24) is 4.98 Å². The zero-order valence-electron chi connectivity index (χ0n) is 12.6. The molecule has 0 spiro atoms. The molecule has 2 saturated carbocycles. The van der Waals surface area contributed by atoms with Crippen LogP contribution in [0.3, 0.4) is 0 Å². The van der Waals surface area contributed by atoms with Gasteiger partial charge >= 0.3 is 0 Å². The van der Waals surface area contributed by atoms with Crippen molar-refractivity contribution in [2.75, 3.05) is 0 Å². The Hall–Kier alpha value is -0.890. The van der Waals surface area contributed by atoms with Gasteiger partial charge in [0, 0.05) is 18.3 Å². The van der Waals surface area contributed by atoms with Crippen molar-refractivity contribution in [3.63, 3.8) is 0 Å². The minimum absolute atomic E-state index is 0.202. The monoisotopic (exact) mass is 273 g/mol. The Bertz CT molecular complexity index is 445. The number of fused-ring (bicyclic) bond motifs is 1. The fraction of sp³-hybridized carbons (Fsp3) is 0.722. The summed E-state index contributed by atoms with van der Waals surface area (Å²) in [6, 6.07) is 4.06. The summed E-state index contributed by atoms with van der Waals surface area (Å²) >= 11 is 0. The molecule has 20 heavy (non-hydrogen) atoms.